The molecule has 5 nitrogen and oxygen atoms in total. The Hall–Kier alpha value is -2.31. The highest BCUT2D eigenvalue weighted by molar-refractivity contribution is 7.80. The third kappa shape index (κ3) is 6.54. The van der Waals surface area contributed by atoms with E-state index < -0.39 is 0 Å². The first-order chi connectivity index (χ1) is 11.1. The molecular weight excluding hydrogens is 306 g/mol. The van der Waals surface area contributed by atoms with Gasteiger partial charge in [-0.05, 0) is 48.6 Å². The number of likely N-dealkylation sites (N-methyl/N-ethyl adjacent to an activating group) is 1. The van der Waals surface area contributed by atoms with Gasteiger partial charge in [-0.3, -0.25) is 0 Å². The predicted octanol–water partition coefficient (Wildman–Crippen LogP) is 2.53. The Morgan fingerprint density at radius 1 is 0.957 bits per heavy atom. The third-order valence-corrected chi connectivity index (χ3v) is 3.32. The lowest BCUT2D eigenvalue weighted by molar-refractivity contribution is -0.856. The van der Waals surface area contributed by atoms with Gasteiger partial charge in [-0.1, -0.05) is 18.2 Å². The summed E-state index contributed by atoms with van der Waals surface area (Å²) in [5.74, 6) is 0. The zero-order chi connectivity index (χ0) is 16.5. The highest BCUT2D eigenvalue weighted by Gasteiger charge is 1.99. The van der Waals surface area contributed by atoms with Crippen LogP contribution in [-0.4, -0.2) is 32.3 Å². The van der Waals surface area contributed by atoms with Crippen LogP contribution in [0.25, 0.3) is 0 Å². The lowest BCUT2D eigenvalue weighted by Gasteiger charge is -2.12. The molecule has 0 atom stereocenters. The van der Waals surface area contributed by atoms with Gasteiger partial charge in [0.25, 0.3) is 0 Å². The van der Waals surface area contributed by atoms with Crippen molar-refractivity contribution in [2.45, 2.75) is 0 Å². The summed E-state index contributed by atoms with van der Waals surface area (Å²) in [6, 6.07) is 17.3. The summed E-state index contributed by atoms with van der Waals surface area (Å²) >= 11 is 5.26. The van der Waals surface area contributed by atoms with Crippen molar-refractivity contribution in [1.82, 2.24) is 5.32 Å². The number of quaternary nitrogens is 1. The summed E-state index contributed by atoms with van der Waals surface area (Å²) in [5, 5.41) is 15.4. The molecule has 2 aromatic rings. The van der Waals surface area contributed by atoms with Gasteiger partial charge in [-0.15, -0.1) is 0 Å². The molecule has 0 bridgehead atoms. The van der Waals surface area contributed by atoms with Gasteiger partial charge >= 0.3 is 0 Å². The summed E-state index contributed by atoms with van der Waals surface area (Å²) in [6.07, 6.45) is 0. The Labute approximate surface area is 142 Å². The number of anilines is 1. The standard InChI is InChI=1S/C17H21N5S/c1-22(2)13-12-18-17(23)19-14-8-10-16(11-9-14)21-20-15-6-4-3-5-7-15/h3-11H,12-13H2,1-2H3,(H2,18,19,23)/p+1. The highest BCUT2D eigenvalue weighted by Crippen LogP contribution is 2.19. The lowest BCUT2D eigenvalue weighted by atomic mass is 10.3. The molecular formula is C17H22N5S+. The second-order valence-electron chi connectivity index (χ2n) is 5.42. The fraction of sp³-hybridized carbons (Fsp3) is 0.235. The van der Waals surface area contributed by atoms with Gasteiger partial charge in [0.15, 0.2) is 5.11 Å². The fourth-order valence-electron chi connectivity index (χ4n) is 1.82. The molecule has 2 rings (SSSR count). The fourth-order valence-corrected chi connectivity index (χ4v) is 2.04. The monoisotopic (exact) mass is 328 g/mol. The first kappa shape index (κ1) is 17.1. The highest BCUT2D eigenvalue weighted by atomic mass is 32.1. The van der Waals surface area contributed by atoms with Crippen LogP contribution in [0.4, 0.5) is 17.1 Å². The maximum Gasteiger partial charge on any atom is 0.170 e. The molecule has 0 amide bonds. The summed E-state index contributed by atoms with van der Waals surface area (Å²) in [7, 11) is 4.22. The van der Waals surface area contributed by atoms with Crippen LogP contribution in [-0.2, 0) is 0 Å². The van der Waals surface area contributed by atoms with Gasteiger partial charge < -0.3 is 15.5 Å². The van der Waals surface area contributed by atoms with Crippen LogP contribution < -0.4 is 15.5 Å². The largest absolute Gasteiger partial charge is 0.357 e. The van der Waals surface area contributed by atoms with Crippen LogP contribution in [0.3, 0.4) is 0 Å². The topological polar surface area (TPSA) is 53.2 Å². The summed E-state index contributed by atoms with van der Waals surface area (Å²) < 4.78 is 0. The van der Waals surface area contributed by atoms with Crippen molar-refractivity contribution in [3.8, 4) is 0 Å². The minimum absolute atomic E-state index is 0.630. The molecule has 3 N–H and O–H groups in total. The Morgan fingerprint density at radius 3 is 2.17 bits per heavy atom. The molecule has 0 heterocycles. The molecule has 0 aromatic heterocycles. The van der Waals surface area contributed by atoms with Gasteiger partial charge in [0.2, 0.25) is 0 Å². The summed E-state index contributed by atoms with van der Waals surface area (Å²) in [6.45, 7) is 1.86. The molecule has 0 unspecified atom stereocenters. The van der Waals surface area contributed by atoms with Crippen LogP contribution in [0, 0.1) is 0 Å². The number of azo groups is 1. The maximum absolute atomic E-state index is 5.26. The van der Waals surface area contributed by atoms with E-state index in [1.54, 1.807) is 0 Å². The van der Waals surface area contributed by atoms with Gasteiger partial charge in [0.1, 0.15) is 0 Å². The van der Waals surface area contributed by atoms with E-state index >= 15 is 0 Å². The number of thiocarbonyl (C=S) groups is 1. The van der Waals surface area contributed by atoms with E-state index in [9.17, 15) is 0 Å². The van der Waals surface area contributed by atoms with Crippen LogP contribution in [0.1, 0.15) is 0 Å². The van der Waals surface area contributed by atoms with Crippen molar-refractivity contribution in [1.29, 1.82) is 0 Å². The van der Waals surface area contributed by atoms with E-state index in [2.05, 4.69) is 35.0 Å². The molecule has 0 spiro atoms. The zero-order valence-corrected chi connectivity index (χ0v) is 14.2. The van der Waals surface area contributed by atoms with Crippen LogP contribution in [0.5, 0.6) is 0 Å². The maximum atomic E-state index is 5.26. The molecule has 0 fully saturated rings. The van der Waals surface area contributed by atoms with Crippen molar-refractivity contribution in [2.75, 3.05) is 32.5 Å². The number of nitrogens with zero attached hydrogens (tertiary/aromatic N) is 2. The summed E-state index contributed by atoms with van der Waals surface area (Å²) in [4.78, 5) is 1.38. The van der Waals surface area contributed by atoms with Crippen LogP contribution in [0.2, 0.25) is 0 Å². The number of hydrogen-bond donors (Lipinski definition) is 3. The van der Waals surface area contributed by atoms with Gasteiger partial charge in [0, 0.05) is 5.69 Å². The quantitative estimate of drug-likeness (QED) is 0.564. The molecule has 0 radical (unpaired) electrons. The van der Waals surface area contributed by atoms with E-state index in [0.29, 0.717) is 5.11 Å². The molecule has 23 heavy (non-hydrogen) atoms. The van der Waals surface area contributed by atoms with E-state index in [0.717, 1.165) is 30.2 Å². The van der Waals surface area contributed by atoms with Gasteiger partial charge in [0.05, 0.1) is 38.6 Å². The first-order valence-electron chi connectivity index (χ1n) is 7.54. The average Bonchev–Trinajstić information content (AvgIpc) is 2.55. The zero-order valence-electron chi connectivity index (χ0n) is 13.4. The van der Waals surface area contributed by atoms with Crippen molar-refractivity contribution in [3.05, 3.63) is 54.6 Å². The molecule has 0 saturated heterocycles. The molecule has 2 aromatic carbocycles. The lowest BCUT2D eigenvalue weighted by Crippen LogP contribution is -3.06. The predicted molar refractivity (Wildman–Crippen MR) is 99.0 cm³/mol. The molecule has 0 saturated carbocycles. The second-order valence-corrected chi connectivity index (χ2v) is 5.83. The Kier molecular flexibility index (Phi) is 6.65. The van der Waals surface area contributed by atoms with Gasteiger partial charge in [-0.2, -0.15) is 10.2 Å². The third-order valence-electron chi connectivity index (χ3n) is 3.07. The normalized spacial score (nSPS) is 10.9. The van der Waals surface area contributed by atoms with Crippen molar-refractivity contribution < 1.29 is 4.90 Å². The average molecular weight is 328 g/mol. The molecule has 0 aliphatic heterocycles. The molecule has 0 aliphatic rings. The Balaban J connectivity index is 1.84. The van der Waals surface area contributed by atoms with E-state index in [4.69, 9.17) is 12.2 Å². The molecule has 120 valence electrons. The number of benzene rings is 2. The van der Waals surface area contributed by atoms with Gasteiger partial charge in [-0.25, -0.2) is 0 Å². The molecule has 6 heteroatoms. The van der Waals surface area contributed by atoms with Crippen molar-refractivity contribution >= 4 is 34.4 Å². The van der Waals surface area contributed by atoms with Crippen molar-refractivity contribution in [2.24, 2.45) is 10.2 Å². The van der Waals surface area contributed by atoms with Crippen LogP contribution in [0.15, 0.2) is 64.8 Å². The van der Waals surface area contributed by atoms with E-state index in [-0.39, 0.29) is 0 Å². The van der Waals surface area contributed by atoms with E-state index in [1.807, 2.05) is 54.6 Å². The SMILES string of the molecule is C[NH+](C)CCNC(=S)Nc1ccc(N=Nc2ccccc2)cc1. The second kappa shape index (κ2) is 8.97. The van der Waals surface area contributed by atoms with E-state index in [1.165, 1.54) is 4.90 Å². The molecule has 0 aliphatic carbocycles. The summed E-state index contributed by atoms with van der Waals surface area (Å²) in [5.41, 5.74) is 2.57. The number of hydrogen-bond acceptors (Lipinski definition) is 3. The minimum atomic E-state index is 0.630. The Bertz CT molecular complexity index is 638. The van der Waals surface area contributed by atoms with Crippen molar-refractivity contribution in [3.63, 3.8) is 0 Å². The smallest absolute Gasteiger partial charge is 0.170 e. The first-order valence-corrected chi connectivity index (χ1v) is 7.95. The minimum Gasteiger partial charge on any atom is -0.357 e. The Morgan fingerprint density at radius 2 is 1.57 bits per heavy atom. The number of rotatable bonds is 6. The number of nitrogens with one attached hydrogen (secondary N) is 3. The van der Waals surface area contributed by atoms with Crippen LogP contribution >= 0.6 is 12.2 Å².